The van der Waals surface area contributed by atoms with E-state index in [1.807, 2.05) is 0 Å². The summed E-state index contributed by atoms with van der Waals surface area (Å²) in [7, 11) is 1.70. The second kappa shape index (κ2) is 5.87. The number of carbonyl (C=O) groups is 1. The van der Waals surface area contributed by atoms with Crippen LogP contribution < -0.4 is 0 Å². The van der Waals surface area contributed by atoms with Gasteiger partial charge in [-0.2, -0.15) is 5.26 Å². The second-order valence-corrected chi connectivity index (χ2v) is 3.75. The van der Waals surface area contributed by atoms with Crippen molar-refractivity contribution in [2.45, 2.75) is 12.5 Å². The number of hydrogen-bond donors (Lipinski definition) is 2. The SMILES string of the molecule is CN(CCC(=O)O)C(C#N)c1ccc(O)cc1. The van der Waals surface area contributed by atoms with Crippen molar-refractivity contribution in [3.05, 3.63) is 29.8 Å². The van der Waals surface area contributed by atoms with Crippen LogP contribution in [0.5, 0.6) is 5.75 Å². The summed E-state index contributed by atoms with van der Waals surface area (Å²) in [6.07, 6.45) is -0.00718. The summed E-state index contributed by atoms with van der Waals surface area (Å²) in [4.78, 5) is 12.1. The minimum absolute atomic E-state index is 0.00718. The third-order valence-electron chi connectivity index (χ3n) is 2.45. The van der Waals surface area contributed by atoms with Crippen LogP contribution in [-0.4, -0.2) is 34.7 Å². The van der Waals surface area contributed by atoms with Gasteiger partial charge in [-0.3, -0.25) is 9.69 Å². The average molecular weight is 234 g/mol. The highest BCUT2D eigenvalue weighted by Crippen LogP contribution is 2.21. The standard InChI is InChI=1S/C12H14N2O3/c1-14(7-6-12(16)17)11(8-13)9-2-4-10(15)5-3-9/h2-5,11,15H,6-7H2,1H3,(H,16,17). The van der Waals surface area contributed by atoms with Crippen molar-refractivity contribution in [3.8, 4) is 11.8 Å². The van der Waals surface area contributed by atoms with Gasteiger partial charge in [0, 0.05) is 6.54 Å². The van der Waals surface area contributed by atoms with Gasteiger partial charge in [0.05, 0.1) is 12.5 Å². The highest BCUT2D eigenvalue weighted by Gasteiger charge is 2.16. The second-order valence-electron chi connectivity index (χ2n) is 3.75. The van der Waals surface area contributed by atoms with Crippen molar-refractivity contribution in [3.63, 3.8) is 0 Å². The van der Waals surface area contributed by atoms with Crippen LogP contribution in [0, 0.1) is 11.3 Å². The van der Waals surface area contributed by atoms with Crippen molar-refractivity contribution < 1.29 is 15.0 Å². The largest absolute Gasteiger partial charge is 0.508 e. The maximum absolute atomic E-state index is 10.5. The van der Waals surface area contributed by atoms with E-state index in [0.717, 1.165) is 5.56 Å². The molecule has 2 N–H and O–H groups in total. The van der Waals surface area contributed by atoms with Gasteiger partial charge in [-0.25, -0.2) is 0 Å². The van der Waals surface area contributed by atoms with Crippen molar-refractivity contribution in [2.75, 3.05) is 13.6 Å². The molecule has 0 bridgehead atoms. The molecular weight excluding hydrogens is 220 g/mol. The van der Waals surface area contributed by atoms with E-state index < -0.39 is 12.0 Å². The molecule has 1 unspecified atom stereocenters. The number of nitrogens with zero attached hydrogens (tertiary/aromatic N) is 2. The third-order valence-corrected chi connectivity index (χ3v) is 2.45. The van der Waals surface area contributed by atoms with Crippen LogP contribution in [0.25, 0.3) is 0 Å². The zero-order valence-corrected chi connectivity index (χ0v) is 9.50. The van der Waals surface area contributed by atoms with Crippen LogP contribution in [0.4, 0.5) is 0 Å². The van der Waals surface area contributed by atoms with Gasteiger partial charge in [0.1, 0.15) is 11.8 Å². The number of phenolic OH excluding ortho intramolecular Hbond substituents is 1. The molecule has 0 heterocycles. The summed E-state index contributed by atoms with van der Waals surface area (Å²) in [5.74, 6) is -0.752. The smallest absolute Gasteiger partial charge is 0.304 e. The molecule has 0 radical (unpaired) electrons. The molecule has 0 saturated carbocycles. The number of nitriles is 1. The zero-order chi connectivity index (χ0) is 12.8. The van der Waals surface area contributed by atoms with Gasteiger partial charge < -0.3 is 10.2 Å². The van der Waals surface area contributed by atoms with Crippen LogP contribution in [0.15, 0.2) is 24.3 Å². The lowest BCUT2D eigenvalue weighted by Crippen LogP contribution is -2.26. The van der Waals surface area contributed by atoms with Gasteiger partial charge in [0.25, 0.3) is 0 Å². The van der Waals surface area contributed by atoms with E-state index in [0.29, 0.717) is 6.54 Å². The Bertz CT molecular complexity index is 422. The molecule has 17 heavy (non-hydrogen) atoms. The van der Waals surface area contributed by atoms with Gasteiger partial charge in [0.2, 0.25) is 0 Å². The van der Waals surface area contributed by atoms with Gasteiger partial charge in [-0.05, 0) is 24.7 Å². The molecular formula is C12H14N2O3. The van der Waals surface area contributed by atoms with E-state index in [-0.39, 0.29) is 12.2 Å². The number of hydrogen-bond acceptors (Lipinski definition) is 4. The lowest BCUT2D eigenvalue weighted by molar-refractivity contribution is -0.137. The first kappa shape index (κ1) is 13.0. The highest BCUT2D eigenvalue weighted by molar-refractivity contribution is 5.66. The summed E-state index contributed by atoms with van der Waals surface area (Å²) in [5.41, 5.74) is 0.734. The topological polar surface area (TPSA) is 84.6 Å². The number of phenols is 1. The van der Waals surface area contributed by atoms with E-state index in [2.05, 4.69) is 6.07 Å². The molecule has 0 spiro atoms. The van der Waals surface area contributed by atoms with Gasteiger partial charge in [-0.1, -0.05) is 12.1 Å². The number of carboxylic acids is 1. The molecule has 90 valence electrons. The van der Waals surface area contributed by atoms with Crippen molar-refractivity contribution in [1.82, 2.24) is 4.90 Å². The molecule has 0 fully saturated rings. The molecule has 0 aliphatic heterocycles. The Balaban J connectivity index is 2.74. The first-order chi connectivity index (χ1) is 8.04. The lowest BCUT2D eigenvalue weighted by atomic mass is 10.1. The van der Waals surface area contributed by atoms with Crippen molar-refractivity contribution in [2.24, 2.45) is 0 Å². The molecule has 5 heteroatoms. The molecule has 1 rings (SSSR count). The quantitative estimate of drug-likeness (QED) is 0.803. The maximum atomic E-state index is 10.5. The third kappa shape index (κ3) is 3.78. The van der Waals surface area contributed by atoms with E-state index >= 15 is 0 Å². The fourth-order valence-electron chi connectivity index (χ4n) is 1.49. The van der Waals surface area contributed by atoms with E-state index in [4.69, 9.17) is 15.5 Å². The fourth-order valence-corrected chi connectivity index (χ4v) is 1.49. The summed E-state index contributed by atoms with van der Waals surface area (Å²) in [5, 5.41) is 26.8. The van der Waals surface area contributed by atoms with Crippen LogP contribution in [-0.2, 0) is 4.79 Å². The Kier molecular flexibility index (Phi) is 4.49. The minimum atomic E-state index is -0.890. The fraction of sp³-hybridized carbons (Fsp3) is 0.333. The molecule has 0 aliphatic rings. The predicted molar refractivity (Wildman–Crippen MR) is 61.3 cm³/mol. The molecule has 0 amide bonds. The molecule has 1 aromatic rings. The summed E-state index contributed by atoms with van der Waals surface area (Å²) < 4.78 is 0. The molecule has 1 aromatic carbocycles. The number of rotatable bonds is 5. The first-order valence-electron chi connectivity index (χ1n) is 5.15. The van der Waals surface area contributed by atoms with Crippen LogP contribution >= 0.6 is 0 Å². The molecule has 0 saturated heterocycles. The monoisotopic (exact) mass is 234 g/mol. The Morgan fingerprint density at radius 1 is 1.47 bits per heavy atom. The Hall–Kier alpha value is -2.06. The van der Waals surface area contributed by atoms with Crippen LogP contribution in [0.2, 0.25) is 0 Å². The molecule has 5 nitrogen and oxygen atoms in total. The minimum Gasteiger partial charge on any atom is -0.508 e. The van der Waals surface area contributed by atoms with Gasteiger partial charge in [-0.15, -0.1) is 0 Å². The molecule has 0 aromatic heterocycles. The molecule has 0 aliphatic carbocycles. The summed E-state index contributed by atoms with van der Waals surface area (Å²) in [6, 6.07) is 7.92. The van der Waals surface area contributed by atoms with E-state index in [1.165, 1.54) is 12.1 Å². The van der Waals surface area contributed by atoms with Crippen molar-refractivity contribution >= 4 is 5.97 Å². The summed E-state index contributed by atoms with van der Waals surface area (Å²) >= 11 is 0. The van der Waals surface area contributed by atoms with E-state index in [1.54, 1.807) is 24.1 Å². The lowest BCUT2D eigenvalue weighted by Gasteiger charge is -2.21. The highest BCUT2D eigenvalue weighted by atomic mass is 16.4. The number of aromatic hydroxyl groups is 1. The number of aliphatic carboxylic acids is 1. The Labute approximate surface area is 99.5 Å². The first-order valence-corrected chi connectivity index (χ1v) is 5.15. The number of carboxylic acid groups (broad SMARTS) is 1. The normalized spacial score (nSPS) is 12.1. The number of benzene rings is 1. The maximum Gasteiger partial charge on any atom is 0.304 e. The average Bonchev–Trinajstić information content (AvgIpc) is 2.30. The predicted octanol–water partition coefficient (Wildman–Crippen LogP) is 1.36. The molecule has 1 atom stereocenters. The Morgan fingerprint density at radius 3 is 2.53 bits per heavy atom. The summed E-state index contributed by atoms with van der Waals surface area (Å²) in [6.45, 7) is 0.300. The zero-order valence-electron chi connectivity index (χ0n) is 9.50. The van der Waals surface area contributed by atoms with Crippen LogP contribution in [0.1, 0.15) is 18.0 Å². The van der Waals surface area contributed by atoms with Gasteiger partial charge in [0.15, 0.2) is 0 Å². The van der Waals surface area contributed by atoms with Crippen LogP contribution in [0.3, 0.4) is 0 Å². The van der Waals surface area contributed by atoms with Gasteiger partial charge >= 0.3 is 5.97 Å². The van der Waals surface area contributed by atoms with E-state index in [9.17, 15) is 4.79 Å². The van der Waals surface area contributed by atoms with Crippen molar-refractivity contribution in [1.29, 1.82) is 5.26 Å². The Morgan fingerprint density at radius 2 is 2.06 bits per heavy atom.